The van der Waals surface area contributed by atoms with E-state index in [1.165, 1.54) is 30.0 Å². The summed E-state index contributed by atoms with van der Waals surface area (Å²) in [4.78, 5) is 11.3. The number of aromatic carboxylic acids is 1. The van der Waals surface area contributed by atoms with Crippen LogP contribution in [-0.4, -0.2) is 35.3 Å². The van der Waals surface area contributed by atoms with Crippen LogP contribution in [-0.2, 0) is 9.47 Å². The molecule has 1 aliphatic carbocycles. The fourth-order valence-corrected chi connectivity index (χ4v) is 3.75. The van der Waals surface area contributed by atoms with Gasteiger partial charge in [0.1, 0.15) is 5.82 Å². The van der Waals surface area contributed by atoms with Crippen LogP contribution in [0.2, 0.25) is 0 Å². The van der Waals surface area contributed by atoms with Gasteiger partial charge in [0.2, 0.25) is 0 Å². The number of benzene rings is 1. The van der Waals surface area contributed by atoms with Crippen LogP contribution in [0.3, 0.4) is 0 Å². The van der Waals surface area contributed by atoms with Gasteiger partial charge in [-0.3, -0.25) is 0 Å². The fraction of sp³-hybridized carbons (Fsp3) is 0.533. The van der Waals surface area contributed by atoms with Gasteiger partial charge < -0.3 is 14.6 Å². The van der Waals surface area contributed by atoms with Crippen LogP contribution in [0, 0.1) is 5.82 Å². The van der Waals surface area contributed by atoms with E-state index in [9.17, 15) is 9.18 Å². The minimum absolute atomic E-state index is 0.0685. The third kappa shape index (κ3) is 3.22. The van der Waals surface area contributed by atoms with Crippen LogP contribution in [0.1, 0.15) is 36.0 Å². The van der Waals surface area contributed by atoms with Crippen LogP contribution in [0.15, 0.2) is 23.1 Å². The number of rotatable bonds is 4. The van der Waals surface area contributed by atoms with Gasteiger partial charge in [-0.15, -0.1) is 11.8 Å². The Morgan fingerprint density at radius 2 is 2.19 bits per heavy atom. The predicted octanol–water partition coefficient (Wildman–Crippen LogP) is 3.30. The number of hydrogen-bond acceptors (Lipinski definition) is 4. The molecule has 0 radical (unpaired) electrons. The van der Waals surface area contributed by atoms with Crippen LogP contribution in [0.5, 0.6) is 0 Å². The molecule has 1 spiro atoms. The average Bonchev–Trinajstić information content (AvgIpc) is 3.08. The highest BCUT2D eigenvalue weighted by Gasteiger charge is 2.43. The summed E-state index contributed by atoms with van der Waals surface area (Å²) in [5.41, 5.74) is 0.0924. The third-order valence-corrected chi connectivity index (χ3v) is 5.04. The second kappa shape index (κ2) is 5.94. The van der Waals surface area contributed by atoms with Gasteiger partial charge in [0, 0.05) is 23.5 Å². The maximum Gasteiger partial charge on any atom is 0.335 e. The largest absolute Gasteiger partial charge is 0.478 e. The van der Waals surface area contributed by atoms with E-state index in [1.807, 2.05) is 0 Å². The van der Waals surface area contributed by atoms with Gasteiger partial charge in [0.15, 0.2) is 5.79 Å². The van der Waals surface area contributed by atoms with Gasteiger partial charge >= 0.3 is 5.97 Å². The van der Waals surface area contributed by atoms with Gasteiger partial charge in [-0.2, -0.15) is 0 Å². The van der Waals surface area contributed by atoms with Gasteiger partial charge in [0.05, 0.1) is 18.3 Å². The van der Waals surface area contributed by atoms with Gasteiger partial charge in [-0.25, -0.2) is 9.18 Å². The number of halogens is 1. The van der Waals surface area contributed by atoms with Gasteiger partial charge in [-0.05, 0) is 31.0 Å². The number of thioether (sulfide) groups is 1. The lowest BCUT2D eigenvalue weighted by Crippen LogP contribution is -2.27. The van der Waals surface area contributed by atoms with Crippen molar-refractivity contribution in [2.75, 3.05) is 12.4 Å². The molecule has 0 amide bonds. The summed E-state index contributed by atoms with van der Waals surface area (Å²) in [6.45, 7) is 0.521. The first-order chi connectivity index (χ1) is 10.1. The summed E-state index contributed by atoms with van der Waals surface area (Å²) >= 11 is 1.27. The Morgan fingerprint density at radius 3 is 2.90 bits per heavy atom. The summed E-state index contributed by atoms with van der Waals surface area (Å²) in [5.74, 6) is -1.31. The van der Waals surface area contributed by atoms with Gasteiger partial charge in [-0.1, -0.05) is 0 Å². The number of ether oxygens (including phenoxy) is 2. The Balaban J connectivity index is 1.60. The second-order valence-electron chi connectivity index (χ2n) is 5.43. The normalized spacial score (nSPS) is 23.8. The van der Waals surface area contributed by atoms with E-state index in [0.717, 1.165) is 25.7 Å². The Kier molecular flexibility index (Phi) is 4.19. The lowest BCUT2D eigenvalue weighted by atomic mass is 10.2. The molecule has 1 aromatic rings. The summed E-state index contributed by atoms with van der Waals surface area (Å²) in [6.07, 6.45) is 4.03. The van der Waals surface area contributed by atoms with Crippen molar-refractivity contribution in [1.82, 2.24) is 0 Å². The highest BCUT2D eigenvalue weighted by molar-refractivity contribution is 7.99. The van der Waals surface area contributed by atoms with E-state index in [-0.39, 0.29) is 11.7 Å². The summed E-state index contributed by atoms with van der Waals surface area (Å²) in [6, 6.07) is 3.82. The SMILES string of the molecule is O=C(O)c1ccc(F)c(SCC2COC3(CCCC3)O2)c1. The monoisotopic (exact) mass is 312 g/mol. The van der Waals surface area contributed by atoms with E-state index in [4.69, 9.17) is 14.6 Å². The molecular formula is C15H17FO4S. The Morgan fingerprint density at radius 1 is 1.43 bits per heavy atom. The smallest absolute Gasteiger partial charge is 0.335 e. The minimum atomic E-state index is -1.05. The van der Waals surface area contributed by atoms with Crippen LogP contribution in [0.4, 0.5) is 4.39 Å². The van der Waals surface area contributed by atoms with E-state index >= 15 is 0 Å². The zero-order chi connectivity index (χ0) is 14.9. The molecule has 21 heavy (non-hydrogen) atoms. The average molecular weight is 312 g/mol. The molecule has 0 bridgehead atoms. The molecule has 6 heteroatoms. The van der Waals surface area contributed by atoms with Crippen molar-refractivity contribution in [2.45, 2.75) is 42.5 Å². The summed E-state index contributed by atoms with van der Waals surface area (Å²) in [7, 11) is 0. The van der Waals surface area contributed by atoms with E-state index in [0.29, 0.717) is 17.3 Å². The lowest BCUT2D eigenvalue weighted by Gasteiger charge is -2.21. The molecule has 1 saturated carbocycles. The molecule has 2 aliphatic rings. The molecule has 0 aromatic heterocycles. The molecule has 1 atom stereocenters. The molecule has 1 unspecified atom stereocenters. The number of carbonyl (C=O) groups is 1. The Labute approximate surface area is 126 Å². The molecule has 114 valence electrons. The molecular weight excluding hydrogens is 295 g/mol. The Bertz CT molecular complexity index is 542. The highest BCUT2D eigenvalue weighted by atomic mass is 32.2. The standard InChI is InChI=1S/C15H17FO4S/c16-12-4-3-10(14(17)18)7-13(12)21-9-11-8-19-15(20-11)5-1-2-6-15/h3-4,7,11H,1-2,5-6,8-9H2,(H,17,18). The van der Waals surface area contributed by atoms with Crippen molar-refractivity contribution < 1.29 is 23.8 Å². The van der Waals surface area contributed by atoms with E-state index in [1.54, 1.807) is 0 Å². The first kappa shape index (κ1) is 14.8. The number of carboxylic acid groups (broad SMARTS) is 1. The van der Waals surface area contributed by atoms with E-state index in [2.05, 4.69) is 0 Å². The van der Waals surface area contributed by atoms with Crippen molar-refractivity contribution in [1.29, 1.82) is 0 Å². The maximum atomic E-state index is 13.7. The van der Waals surface area contributed by atoms with Crippen molar-refractivity contribution in [3.05, 3.63) is 29.6 Å². The molecule has 1 aliphatic heterocycles. The highest BCUT2D eigenvalue weighted by Crippen LogP contribution is 2.40. The summed E-state index contributed by atoms with van der Waals surface area (Å²) < 4.78 is 25.5. The number of carboxylic acids is 1. The molecule has 1 heterocycles. The first-order valence-electron chi connectivity index (χ1n) is 7.05. The third-order valence-electron chi connectivity index (χ3n) is 3.88. The van der Waals surface area contributed by atoms with Crippen molar-refractivity contribution >= 4 is 17.7 Å². The van der Waals surface area contributed by atoms with Crippen molar-refractivity contribution in [3.63, 3.8) is 0 Å². The fourth-order valence-electron chi connectivity index (χ4n) is 2.80. The van der Waals surface area contributed by atoms with Crippen molar-refractivity contribution in [2.24, 2.45) is 0 Å². The van der Waals surface area contributed by atoms with Gasteiger partial charge in [0.25, 0.3) is 0 Å². The van der Waals surface area contributed by atoms with E-state index < -0.39 is 17.6 Å². The van der Waals surface area contributed by atoms with Crippen molar-refractivity contribution in [3.8, 4) is 0 Å². The van der Waals surface area contributed by atoms with Crippen LogP contribution in [0.25, 0.3) is 0 Å². The minimum Gasteiger partial charge on any atom is -0.478 e. The molecule has 1 saturated heterocycles. The molecule has 2 fully saturated rings. The Hall–Kier alpha value is -1.11. The zero-order valence-corrected chi connectivity index (χ0v) is 12.3. The molecule has 1 N–H and O–H groups in total. The predicted molar refractivity (Wildman–Crippen MR) is 76.1 cm³/mol. The maximum absolute atomic E-state index is 13.7. The zero-order valence-electron chi connectivity index (χ0n) is 11.5. The molecule has 1 aromatic carbocycles. The molecule has 4 nitrogen and oxygen atoms in total. The van der Waals surface area contributed by atoms with Crippen LogP contribution >= 0.6 is 11.8 Å². The second-order valence-corrected chi connectivity index (χ2v) is 6.49. The topological polar surface area (TPSA) is 55.8 Å². The van der Waals surface area contributed by atoms with Crippen LogP contribution < -0.4 is 0 Å². The lowest BCUT2D eigenvalue weighted by molar-refractivity contribution is -0.159. The summed E-state index contributed by atoms with van der Waals surface area (Å²) in [5, 5.41) is 8.94. The molecule has 3 rings (SSSR count). The first-order valence-corrected chi connectivity index (χ1v) is 8.04. The number of hydrogen-bond donors (Lipinski definition) is 1. The quantitative estimate of drug-likeness (QED) is 0.865.